The molecule has 0 aliphatic rings. The number of amides is 1. The van der Waals surface area contributed by atoms with E-state index in [1.54, 1.807) is 29.3 Å². The molecule has 112 valence electrons. The van der Waals surface area contributed by atoms with Crippen LogP contribution in [0.5, 0.6) is 0 Å². The molecule has 0 aliphatic heterocycles. The van der Waals surface area contributed by atoms with E-state index in [-0.39, 0.29) is 5.91 Å². The fourth-order valence-corrected chi connectivity index (χ4v) is 1.95. The average Bonchev–Trinajstić information content (AvgIpc) is 3.00. The molecule has 0 radical (unpaired) electrons. The van der Waals surface area contributed by atoms with Crippen molar-refractivity contribution in [3.8, 4) is 5.82 Å². The number of hydrogen-bond acceptors (Lipinski definition) is 5. The molecule has 7 nitrogen and oxygen atoms in total. The Morgan fingerprint density at radius 1 is 1.43 bits per heavy atom. The van der Waals surface area contributed by atoms with Crippen molar-refractivity contribution in [1.29, 1.82) is 0 Å². The van der Waals surface area contributed by atoms with Crippen LogP contribution < -0.4 is 11.1 Å². The zero-order valence-electron chi connectivity index (χ0n) is 12.1. The summed E-state index contributed by atoms with van der Waals surface area (Å²) >= 11 is 0. The van der Waals surface area contributed by atoms with Crippen LogP contribution in [0.25, 0.3) is 5.82 Å². The Bertz CT molecular complexity index is 551. The summed E-state index contributed by atoms with van der Waals surface area (Å²) in [5.41, 5.74) is 6.17. The van der Waals surface area contributed by atoms with Gasteiger partial charge in [0.25, 0.3) is 0 Å². The van der Waals surface area contributed by atoms with E-state index < -0.39 is 0 Å². The topological polar surface area (TPSA) is 98.7 Å². The molecule has 2 aromatic heterocycles. The highest BCUT2D eigenvalue weighted by atomic mass is 16.1. The first kappa shape index (κ1) is 15.1. The summed E-state index contributed by atoms with van der Waals surface area (Å²) in [6.45, 7) is 2.77. The van der Waals surface area contributed by atoms with Gasteiger partial charge in [-0.05, 0) is 37.4 Å². The summed E-state index contributed by atoms with van der Waals surface area (Å²) in [5, 5.41) is 6.82. The lowest BCUT2D eigenvalue weighted by molar-refractivity contribution is -0.116. The number of nitrogens with zero attached hydrogens (tertiary/aromatic N) is 4. The molecular formula is C14H20N6O. The van der Waals surface area contributed by atoms with Gasteiger partial charge in [0.05, 0.1) is 11.9 Å². The highest BCUT2D eigenvalue weighted by Gasteiger charge is 2.07. The van der Waals surface area contributed by atoms with Crippen LogP contribution in [0.1, 0.15) is 26.2 Å². The molecule has 0 spiro atoms. The molecule has 2 rings (SSSR count). The molecular weight excluding hydrogens is 268 g/mol. The predicted octanol–water partition coefficient (Wildman–Crippen LogP) is 1.37. The molecule has 0 saturated carbocycles. The quantitative estimate of drug-likeness (QED) is 0.801. The van der Waals surface area contributed by atoms with Crippen molar-refractivity contribution in [2.75, 3.05) is 11.9 Å². The van der Waals surface area contributed by atoms with Gasteiger partial charge in [-0.2, -0.15) is 5.10 Å². The Hall–Kier alpha value is -2.28. The summed E-state index contributed by atoms with van der Waals surface area (Å²) in [6.07, 6.45) is 6.90. The van der Waals surface area contributed by atoms with E-state index >= 15 is 0 Å². The highest BCUT2D eigenvalue weighted by molar-refractivity contribution is 5.90. The van der Waals surface area contributed by atoms with Crippen LogP contribution in [0.3, 0.4) is 0 Å². The molecule has 0 saturated heterocycles. The Labute approximate surface area is 123 Å². The summed E-state index contributed by atoms with van der Waals surface area (Å²) in [7, 11) is 0. The normalized spacial score (nSPS) is 12.1. The number of hydrogen-bond donors (Lipinski definition) is 2. The number of carbonyl (C=O) groups is 1. The fourth-order valence-electron chi connectivity index (χ4n) is 1.95. The first-order valence-corrected chi connectivity index (χ1v) is 7.00. The van der Waals surface area contributed by atoms with Crippen LogP contribution in [0, 0.1) is 5.92 Å². The fraction of sp³-hybridized carbons (Fsp3) is 0.429. The lowest BCUT2D eigenvalue weighted by atomic mass is 10.0. The van der Waals surface area contributed by atoms with Crippen molar-refractivity contribution >= 4 is 11.6 Å². The van der Waals surface area contributed by atoms with Crippen LogP contribution in [0.2, 0.25) is 0 Å². The van der Waals surface area contributed by atoms with Crippen LogP contribution in [0.15, 0.2) is 31.0 Å². The molecule has 0 aliphatic carbocycles. The molecule has 1 amide bonds. The molecule has 1 unspecified atom stereocenters. The average molecular weight is 288 g/mol. The van der Waals surface area contributed by atoms with Crippen molar-refractivity contribution < 1.29 is 4.79 Å². The van der Waals surface area contributed by atoms with Gasteiger partial charge in [0.15, 0.2) is 5.82 Å². The Morgan fingerprint density at radius 2 is 2.29 bits per heavy atom. The smallest absolute Gasteiger partial charge is 0.224 e. The number of anilines is 1. The number of aromatic nitrogens is 4. The van der Waals surface area contributed by atoms with E-state index in [4.69, 9.17) is 5.73 Å². The number of nitrogens with one attached hydrogen (secondary N) is 1. The zero-order chi connectivity index (χ0) is 15.1. The summed E-state index contributed by atoms with van der Waals surface area (Å²) in [4.78, 5) is 19.9. The zero-order valence-corrected chi connectivity index (χ0v) is 12.1. The summed E-state index contributed by atoms with van der Waals surface area (Å²) in [6, 6.07) is 3.58. The Kier molecular flexibility index (Phi) is 5.39. The molecule has 21 heavy (non-hydrogen) atoms. The standard InChI is InChI=1S/C14H20N6O/c1-11(6-7-15)2-5-14(21)19-12-3-4-13(17-8-12)20-10-16-9-18-20/h3-4,8-11H,2,5-7,15H2,1H3,(H,19,21). The van der Waals surface area contributed by atoms with Crippen LogP contribution in [0.4, 0.5) is 5.69 Å². The van der Waals surface area contributed by atoms with E-state index in [0.717, 1.165) is 12.8 Å². The third-order valence-electron chi connectivity index (χ3n) is 3.21. The third-order valence-corrected chi connectivity index (χ3v) is 3.21. The number of pyridine rings is 1. The van der Waals surface area contributed by atoms with Gasteiger partial charge >= 0.3 is 0 Å². The lowest BCUT2D eigenvalue weighted by Gasteiger charge is -2.10. The third kappa shape index (κ3) is 4.64. The van der Waals surface area contributed by atoms with Gasteiger partial charge in [0.1, 0.15) is 12.7 Å². The molecule has 7 heteroatoms. The Morgan fingerprint density at radius 3 is 2.90 bits per heavy atom. The van der Waals surface area contributed by atoms with E-state index in [2.05, 4.69) is 27.3 Å². The van der Waals surface area contributed by atoms with E-state index in [1.165, 1.54) is 6.33 Å². The van der Waals surface area contributed by atoms with Gasteiger partial charge in [-0.15, -0.1) is 0 Å². The number of nitrogens with two attached hydrogens (primary N) is 1. The largest absolute Gasteiger partial charge is 0.330 e. The minimum atomic E-state index is -0.00539. The lowest BCUT2D eigenvalue weighted by Crippen LogP contribution is -2.14. The minimum Gasteiger partial charge on any atom is -0.330 e. The highest BCUT2D eigenvalue weighted by Crippen LogP contribution is 2.12. The van der Waals surface area contributed by atoms with Crippen molar-refractivity contribution in [2.24, 2.45) is 11.7 Å². The number of rotatable bonds is 7. The molecule has 0 fully saturated rings. The monoisotopic (exact) mass is 288 g/mol. The SMILES string of the molecule is CC(CCN)CCC(=O)Nc1ccc(-n2cncn2)nc1. The first-order chi connectivity index (χ1) is 10.2. The van der Waals surface area contributed by atoms with Crippen molar-refractivity contribution in [3.05, 3.63) is 31.0 Å². The summed E-state index contributed by atoms with van der Waals surface area (Å²) < 4.78 is 1.56. The molecule has 0 aromatic carbocycles. The number of carbonyl (C=O) groups excluding carboxylic acids is 1. The second kappa shape index (κ2) is 7.49. The molecule has 2 aromatic rings. The van der Waals surface area contributed by atoms with Gasteiger partial charge in [-0.1, -0.05) is 6.92 Å². The maximum atomic E-state index is 11.8. The van der Waals surface area contributed by atoms with Crippen molar-refractivity contribution in [2.45, 2.75) is 26.2 Å². The van der Waals surface area contributed by atoms with Crippen molar-refractivity contribution in [3.63, 3.8) is 0 Å². The van der Waals surface area contributed by atoms with Crippen molar-refractivity contribution in [1.82, 2.24) is 19.7 Å². The maximum absolute atomic E-state index is 11.8. The summed E-state index contributed by atoms with van der Waals surface area (Å²) in [5.74, 6) is 1.12. The minimum absolute atomic E-state index is 0.00539. The Balaban J connectivity index is 1.84. The maximum Gasteiger partial charge on any atom is 0.224 e. The van der Waals surface area contributed by atoms with E-state index in [9.17, 15) is 4.79 Å². The van der Waals surface area contributed by atoms with Gasteiger partial charge in [-0.25, -0.2) is 14.6 Å². The van der Waals surface area contributed by atoms with E-state index in [0.29, 0.717) is 30.4 Å². The van der Waals surface area contributed by atoms with Gasteiger partial charge < -0.3 is 11.1 Å². The van der Waals surface area contributed by atoms with Gasteiger partial charge in [0, 0.05) is 6.42 Å². The van der Waals surface area contributed by atoms with Gasteiger partial charge in [-0.3, -0.25) is 4.79 Å². The first-order valence-electron chi connectivity index (χ1n) is 7.00. The molecule has 3 N–H and O–H groups in total. The second-order valence-corrected chi connectivity index (χ2v) is 5.01. The van der Waals surface area contributed by atoms with E-state index in [1.807, 2.05) is 0 Å². The molecule has 0 bridgehead atoms. The second-order valence-electron chi connectivity index (χ2n) is 5.01. The molecule has 2 heterocycles. The predicted molar refractivity (Wildman–Crippen MR) is 79.9 cm³/mol. The van der Waals surface area contributed by atoms with Crippen LogP contribution in [-0.4, -0.2) is 32.2 Å². The van der Waals surface area contributed by atoms with Gasteiger partial charge in [0.2, 0.25) is 5.91 Å². The molecule has 1 atom stereocenters. The van der Waals surface area contributed by atoms with Crippen LogP contribution in [-0.2, 0) is 4.79 Å². The van der Waals surface area contributed by atoms with Crippen LogP contribution >= 0.6 is 0 Å².